The summed E-state index contributed by atoms with van der Waals surface area (Å²) in [5.74, 6) is 0.443. The van der Waals surface area contributed by atoms with E-state index in [1.54, 1.807) is 41.7 Å². The minimum Gasteiger partial charge on any atom is -0.324 e. The van der Waals surface area contributed by atoms with Crippen molar-refractivity contribution < 1.29 is 4.79 Å². The first kappa shape index (κ1) is 18.5. The van der Waals surface area contributed by atoms with E-state index in [0.29, 0.717) is 24.7 Å². The molecule has 5 rings (SSSR count). The number of urea groups is 1. The Morgan fingerprint density at radius 3 is 2.66 bits per heavy atom. The summed E-state index contributed by atoms with van der Waals surface area (Å²) in [6.07, 6.45) is 1.01. The Morgan fingerprint density at radius 1 is 1.07 bits per heavy atom. The van der Waals surface area contributed by atoms with E-state index in [0.717, 1.165) is 28.2 Å². The first-order valence-corrected chi connectivity index (χ1v) is 10.9. The second-order valence-electron chi connectivity index (χ2n) is 7.70. The molecule has 1 saturated heterocycles. The number of likely N-dealkylation sites (tertiary alicyclic amines) is 1. The van der Waals surface area contributed by atoms with Gasteiger partial charge < -0.3 is 14.8 Å². The molecule has 0 aliphatic carbocycles. The topological polar surface area (TPSA) is 54.3 Å². The fourth-order valence-corrected chi connectivity index (χ4v) is 5.44. The minimum atomic E-state index is -0.105. The van der Waals surface area contributed by atoms with Crippen LogP contribution in [0.1, 0.15) is 18.0 Å². The van der Waals surface area contributed by atoms with Crippen LogP contribution < -0.4 is 10.9 Å². The number of aromatic nitrogens is 1. The summed E-state index contributed by atoms with van der Waals surface area (Å²) in [5.41, 5.74) is 2.96. The zero-order valence-corrected chi connectivity index (χ0v) is 17.2. The van der Waals surface area contributed by atoms with Gasteiger partial charge in [-0.05, 0) is 54.1 Å². The van der Waals surface area contributed by atoms with Crippen LogP contribution in [0, 0.1) is 5.92 Å². The van der Waals surface area contributed by atoms with Crippen LogP contribution in [0.2, 0.25) is 5.02 Å². The first-order chi connectivity index (χ1) is 14.1. The number of nitrogens with one attached hydrogen (secondary N) is 1. The number of fused-ring (bicyclic) bond motifs is 4. The van der Waals surface area contributed by atoms with Crippen LogP contribution in [0.15, 0.2) is 58.7 Å². The molecule has 2 aliphatic heterocycles. The molecule has 2 bridgehead atoms. The molecule has 7 heteroatoms. The monoisotopic (exact) mass is 425 g/mol. The van der Waals surface area contributed by atoms with E-state index in [2.05, 4.69) is 16.8 Å². The number of pyridine rings is 1. The molecule has 5 nitrogen and oxygen atoms in total. The highest BCUT2D eigenvalue weighted by Crippen LogP contribution is 2.41. The van der Waals surface area contributed by atoms with Crippen molar-refractivity contribution in [2.24, 2.45) is 5.92 Å². The van der Waals surface area contributed by atoms with E-state index >= 15 is 0 Å². The highest BCUT2D eigenvalue weighted by atomic mass is 35.5. The lowest BCUT2D eigenvalue weighted by Crippen LogP contribution is -2.50. The normalized spacial score (nSPS) is 20.2. The predicted octanol–water partition coefficient (Wildman–Crippen LogP) is 4.88. The van der Waals surface area contributed by atoms with Crippen LogP contribution in [0.4, 0.5) is 10.5 Å². The number of nitrogens with zero attached hydrogens (tertiary/aromatic N) is 2. The van der Waals surface area contributed by atoms with Crippen molar-refractivity contribution in [1.29, 1.82) is 0 Å². The molecular weight excluding hydrogens is 406 g/mol. The van der Waals surface area contributed by atoms with Gasteiger partial charge >= 0.3 is 6.03 Å². The van der Waals surface area contributed by atoms with E-state index < -0.39 is 0 Å². The second kappa shape index (κ2) is 7.35. The number of amides is 2. The molecule has 2 aromatic heterocycles. The van der Waals surface area contributed by atoms with Crippen LogP contribution in [0.5, 0.6) is 0 Å². The van der Waals surface area contributed by atoms with Gasteiger partial charge in [-0.2, -0.15) is 0 Å². The van der Waals surface area contributed by atoms with Crippen molar-refractivity contribution in [3.63, 3.8) is 0 Å². The van der Waals surface area contributed by atoms with Crippen molar-refractivity contribution in [2.75, 3.05) is 18.4 Å². The number of carbonyl (C=O) groups is 1. The van der Waals surface area contributed by atoms with Crippen LogP contribution in [0.25, 0.3) is 10.4 Å². The van der Waals surface area contributed by atoms with Gasteiger partial charge in [0.1, 0.15) is 0 Å². The van der Waals surface area contributed by atoms with Gasteiger partial charge in [0.2, 0.25) is 0 Å². The number of hydrogen-bond acceptors (Lipinski definition) is 3. The maximum absolute atomic E-state index is 12.9. The van der Waals surface area contributed by atoms with Gasteiger partial charge in [0.25, 0.3) is 5.56 Å². The number of benzene rings is 1. The van der Waals surface area contributed by atoms with Crippen molar-refractivity contribution in [1.82, 2.24) is 9.47 Å². The summed E-state index contributed by atoms with van der Waals surface area (Å²) in [6.45, 7) is 1.93. The fraction of sp³-hybridized carbons (Fsp3) is 0.273. The summed E-state index contributed by atoms with van der Waals surface area (Å²) in [6, 6.07) is 14.7. The Bertz CT molecular complexity index is 1110. The van der Waals surface area contributed by atoms with Crippen molar-refractivity contribution in [3.8, 4) is 10.4 Å². The third-order valence-electron chi connectivity index (χ3n) is 5.76. The zero-order chi connectivity index (χ0) is 20.0. The molecule has 2 amide bonds. The van der Waals surface area contributed by atoms with E-state index in [9.17, 15) is 9.59 Å². The van der Waals surface area contributed by atoms with Gasteiger partial charge in [-0.1, -0.05) is 17.7 Å². The molecular formula is C22H20ClN3O2S. The third kappa shape index (κ3) is 3.47. The number of anilines is 1. The van der Waals surface area contributed by atoms with Gasteiger partial charge in [0, 0.05) is 58.5 Å². The number of piperidine rings is 1. The molecule has 2 aliphatic rings. The molecule has 0 radical (unpaired) electrons. The largest absolute Gasteiger partial charge is 0.324 e. The number of thiophene rings is 1. The lowest BCUT2D eigenvalue weighted by Gasteiger charge is -2.43. The Balaban J connectivity index is 1.44. The molecule has 1 N–H and O–H groups in total. The molecule has 1 aromatic carbocycles. The quantitative estimate of drug-likeness (QED) is 0.636. The lowest BCUT2D eigenvalue weighted by molar-refractivity contribution is 0.140. The van der Waals surface area contributed by atoms with Crippen LogP contribution >= 0.6 is 22.9 Å². The van der Waals surface area contributed by atoms with Gasteiger partial charge in [-0.3, -0.25) is 4.79 Å². The summed E-state index contributed by atoms with van der Waals surface area (Å²) in [7, 11) is 0. The maximum Gasteiger partial charge on any atom is 0.321 e. The van der Waals surface area contributed by atoms with Crippen molar-refractivity contribution in [3.05, 3.63) is 75.0 Å². The highest BCUT2D eigenvalue weighted by molar-refractivity contribution is 7.13. The van der Waals surface area contributed by atoms with Crippen LogP contribution in [-0.2, 0) is 6.54 Å². The van der Waals surface area contributed by atoms with Crippen LogP contribution in [-0.4, -0.2) is 28.6 Å². The highest BCUT2D eigenvalue weighted by Gasteiger charge is 2.38. The van der Waals surface area contributed by atoms with E-state index in [4.69, 9.17) is 11.6 Å². The lowest BCUT2D eigenvalue weighted by atomic mass is 9.81. The molecule has 2 atom stereocenters. The van der Waals surface area contributed by atoms with E-state index in [1.165, 1.54) is 0 Å². The molecule has 1 fully saturated rings. The molecule has 2 unspecified atom stereocenters. The number of rotatable bonds is 2. The Hall–Kier alpha value is -2.57. The first-order valence-electron chi connectivity index (χ1n) is 9.67. The van der Waals surface area contributed by atoms with Gasteiger partial charge in [0.15, 0.2) is 0 Å². The molecule has 29 heavy (non-hydrogen) atoms. The maximum atomic E-state index is 12.9. The third-order valence-corrected chi connectivity index (χ3v) is 6.91. The Morgan fingerprint density at radius 2 is 1.90 bits per heavy atom. The predicted molar refractivity (Wildman–Crippen MR) is 117 cm³/mol. The molecule has 4 heterocycles. The average Bonchev–Trinajstić information content (AvgIpc) is 3.25. The average molecular weight is 426 g/mol. The van der Waals surface area contributed by atoms with Crippen LogP contribution in [0.3, 0.4) is 0 Å². The van der Waals surface area contributed by atoms with Gasteiger partial charge in [-0.15, -0.1) is 11.3 Å². The zero-order valence-electron chi connectivity index (χ0n) is 15.7. The summed E-state index contributed by atoms with van der Waals surface area (Å²) >= 11 is 7.61. The standard InChI is InChI=1S/C22H20ClN3O2S/c23-16-3-5-17(6-4-16)24-22(28)25-11-14-10-15(13-25)21-18(19-2-1-9-29-19)7-8-20(27)26(21)12-14/h1-9,14-15H,10-13H2,(H,24,28). The summed E-state index contributed by atoms with van der Waals surface area (Å²) in [4.78, 5) is 28.5. The molecule has 148 valence electrons. The Labute approximate surface area is 177 Å². The van der Waals surface area contributed by atoms with Crippen molar-refractivity contribution >= 4 is 34.7 Å². The minimum absolute atomic E-state index is 0.0501. The summed E-state index contributed by atoms with van der Waals surface area (Å²) < 4.78 is 1.93. The van der Waals surface area contributed by atoms with Gasteiger partial charge in [-0.25, -0.2) is 4.79 Å². The van der Waals surface area contributed by atoms with E-state index in [1.807, 2.05) is 21.6 Å². The number of halogens is 1. The van der Waals surface area contributed by atoms with Crippen molar-refractivity contribution in [2.45, 2.75) is 18.9 Å². The molecule has 3 aromatic rings. The number of hydrogen-bond donors (Lipinski definition) is 1. The smallest absolute Gasteiger partial charge is 0.321 e. The van der Waals surface area contributed by atoms with E-state index in [-0.39, 0.29) is 23.4 Å². The summed E-state index contributed by atoms with van der Waals surface area (Å²) in [5, 5.41) is 5.66. The number of carbonyl (C=O) groups excluding carboxylic acids is 1. The van der Waals surface area contributed by atoms with Gasteiger partial charge in [0.05, 0.1) is 0 Å². The molecule has 0 spiro atoms. The SMILES string of the molecule is O=C(Nc1ccc(Cl)cc1)N1CC2CC(C1)c1c(-c3cccs3)ccc(=O)n1C2. The molecule has 0 saturated carbocycles. The Kier molecular flexibility index (Phi) is 4.68. The second-order valence-corrected chi connectivity index (χ2v) is 9.08. The fourth-order valence-electron chi connectivity index (χ4n) is 4.56.